The highest BCUT2D eigenvalue weighted by atomic mass is 79.9. The van der Waals surface area contributed by atoms with E-state index in [1.807, 2.05) is 53.9 Å². The van der Waals surface area contributed by atoms with Crippen molar-refractivity contribution in [2.75, 3.05) is 0 Å². The number of aldehydes is 1. The van der Waals surface area contributed by atoms with Crippen LogP contribution in [0.1, 0.15) is 16.1 Å². The summed E-state index contributed by atoms with van der Waals surface area (Å²) in [5, 5.41) is 0. The van der Waals surface area contributed by atoms with Crippen LogP contribution in [0.3, 0.4) is 0 Å². The second-order valence-corrected chi connectivity index (χ2v) is 5.32. The van der Waals surface area contributed by atoms with E-state index < -0.39 is 0 Å². The maximum absolute atomic E-state index is 11.1. The molecule has 1 aromatic carbocycles. The summed E-state index contributed by atoms with van der Waals surface area (Å²) < 4.78 is 2.98. The number of halogens is 1. The van der Waals surface area contributed by atoms with Gasteiger partial charge >= 0.3 is 0 Å². The lowest BCUT2D eigenvalue weighted by atomic mass is 10.2. The molecule has 2 aromatic heterocycles. The summed E-state index contributed by atoms with van der Waals surface area (Å²) in [4.78, 5) is 15.5. The van der Waals surface area contributed by atoms with Gasteiger partial charge in [0.15, 0.2) is 6.29 Å². The van der Waals surface area contributed by atoms with Crippen LogP contribution >= 0.6 is 15.9 Å². The second kappa shape index (κ2) is 4.63. The topological polar surface area (TPSA) is 34.4 Å². The van der Waals surface area contributed by atoms with Crippen LogP contribution in [0.5, 0.6) is 0 Å². The first kappa shape index (κ1) is 12.1. The van der Waals surface area contributed by atoms with Gasteiger partial charge in [-0.3, -0.25) is 9.20 Å². The fourth-order valence-electron chi connectivity index (χ4n) is 2.11. The van der Waals surface area contributed by atoms with E-state index in [0.717, 1.165) is 33.2 Å². The van der Waals surface area contributed by atoms with Crippen LogP contribution in [-0.4, -0.2) is 15.7 Å². The molecule has 0 unspecified atom stereocenters. The number of aryl methyl sites for hydroxylation is 1. The number of rotatable bonds is 2. The van der Waals surface area contributed by atoms with Gasteiger partial charge in [0.1, 0.15) is 11.5 Å². The van der Waals surface area contributed by atoms with Crippen molar-refractivity contribution in [3.8, 4) is 11.4 Å². The number of carbonyl (C=O) groups is 1. The van der Waals surface area contributed by atoms with Gasteiger partial charge < -0.3 is 0 Å². The number of nitrogens with zero attached hydrogens (tertiary/aromatic N) is 2. The van der Waals surface area contributed by atoms with Crippen molar-refractivity contribution < 1.29 is 4.79 Å². The lowest BCUT2D eigenvalue weighted by Gasteiger charge is -2.02. The van der Waals surface area contributed by atoms with Gasteiger partial charge in [0.2, 0.25) is 0 Å². The van der Waals surface area contributed by atoms with Gasteiger partial charge in [0.05, 0.1) is 5.52 Å². The number of aromatic nitrogens is 2. The molecule has 0 N–H and O–H groups in total. The Morgan fingerprint density at radius 2 is 1.89 bits per heavy atom. The van der Waals surface area contributed by atoms with Crippen LogP contribution in [0, 0.1) is 6.92 Å². The van der Waals surface area contributed by atoms with Crippen molar-refractivity contribution in [1.29, 1.82) is 0 Å². The Hall–Kier alpha value is -1.94. The number of fused-ring (bicyclic) bond motifs is 1. The van der Waals surface area contributed by atoms with Crippen LogP contribution in [-0.2, 0) is 0 Å². The Morgan fingerprint density at radius 1 is 1.16 bits per heavy atom. The van der Waals surface area contributed by atoms with Gasteiger partial charge in [-0.1, -0.05) is 34.1 Å². The normalized spacial score (nSPS) is 10.8. The third-order valence-electron chi connectivity index (χ3n) is 3.03. The first-order valence-electron chi connectivity index (χ1n) is 5.89. The third kappa shape index (κ3) is 2.08. The summed E-state index contributed by atoms with van der Waals surface area (Å²) in [6.45, 7) is 2.02. The molecule has 0 saturated heterocycles. The van der Waals surface area contributed by atoms with Crippen molar-refractivity contribution in [3.63, 3.8) is 0 Å². The Balaban J connectivity index is 2.31. The van der Waals surface area contributed by atoms with Crippen LogP contribution in [0.25, 0.3) is 16.9 Å². The Morgan fingerprint density at radius 3 is 2.58 bits per heavy atom. The molecule has 0 amide bonds. The maximum Gasteiger partial charge on any atom is 0.170 e. The molecule has 4 heteroatoms. The summed E-state index contributed by atoms with van der Waals surface area (Å²) in [5.41, 5.74) is 3.41. The van der Waals surface area contributed by atoms with Gasteiger partial charge in [-0.05, 0) is 30.7 Å². The molecule has 0 saturated carbocycles. The second-order valence-electron chi connectivity index (χ2n) is 4.41. The quantitative estimate of drug-likeness (QED) is 0.673. The first-order chi connectivity index (χ1) is 9.19. The van der Waals surface area contributed by atoms with E-state index in [1.54, 1.807) is 0 Å². The van der Waals surface area contributed by atoms with Gasteiger partial charge in [-0.25, -0.2) is 4.98 Å². The fraction of sp³-hybridized carbons (Fsp3) is 0.0667. The molecule has 2 heterocycles. The predicted molar refractivity (Wildman–Crippen MR) is 78.5 cm³/mol. The molecular weight excluding hydrogens is 304 g/mol. The highest BCUT2D eigenvalue weighted by molar-refractivity contribution is 9.10. The number of hydrogen-bond acceptors (Lipinski definition) is 2. The molecule has 0 radical (unpaired) electrons. The lowest BCUT2D eigenvalue weighted by Crippen LogP contribution is -1.90. The largest absolute Gasteiger partial charge is 0.299 e. The number of pyridine rings is 1. The van der Waals surface area contributed by atoms with E-state index in [9.17, 15) is 4.79 Å². The molecule has 94 valence electrons. The Kier molecular flexibility index (Phi) is 2.95. The molecule has 3 nitrogen and oxygen atoms in total. The summed E-state index contributed by atoms with van der Waals surface area (Å²) in [6, 6.07) is 11.8. The van der Waals surface area contributed by atoms with E-state index in [1.165, 1.54) is 0 Å². The minimum absolute atomic E-state index is 0.470. The van der Waals surface area contributed by atoms with E-state index in [2.05, 4.69) is 20.9 Å². The highest BCUT2D eigenvalue weighted by Crippen LogP contribution is 2.24. The number of benzene rings is 1. The monoisotopic (exact) mass is 314 g/mol. The number of carbonyl (C=O) groups excluding carboxylic acids is 1. The Bertz CT molecular complexity index is 760. The van der Waals surface area contributed by atoms with Crippen molar-refractivity contribution >= 4 is 27.7 Å². The van der Waals surface area contributed by atoms with Gasteiger partial charge in [-0.2, -0.15) is 0 Å². The average Bonchev–Trinajstić information content (AvgIpc) is 2.77. The van der Waals surface area contributed by atoms with Gasteiger partial charge in [-0.15, -0.1) is 0 Å². The van der Waals surface area contributed by atoms with Crippen molar-refractivity contribution in [1.82, 2.24) is 9.38 Å². The predicted octanol–water partition coefficient (Wildman–Crippen LogP) is 3.88. The van der Waals surface area contributed by atoms with E-state index in [0.29, 0.717) is 5.69 Å². The molecule has 0 atom stereocenters. The molecular formula is C15H11BrN2O. The minimum atomic E-state index is 0.470. The van der Waals surface area contributed by atoms with E-state index in [4.69, 9.17) is 0 Å². The van der Waals surface area contributed by atoms with E-state index in [-0.39, 0.29) is 0 Å². The lowest BCUT2D eigenvalue weighted by molar-refractivity contribution is 0.112. The van der Waals surface area contributed by atoms with E-state index >= 15 is 0 Å². The van der Waals surface area contributed by atoms with Crippen molar-refractivity contribution in [2.24, 2.45) is 0 Å². The maximum atomic E-state index is 11.1. The number of hydrogen-bond donors (Lipinski definition) is 0. The molecule has 0 aliphatic rings. The van der Waals surface area contributed by atoms with Crippen LogP contribution < -0.4 is 0 Å². The zero-order valence-electron chi connectivity index (χ0n) is 10.3. The zero-order valence-corrected chi connectivity index (χ0v) is 11.9. The summed E-state index contributed by atoms with van der Waals surface area (Å²) in [7, 11) is 0. The summed E-state index contributed by atoms with van der Waals surface area (Å²) >= 11 is 3.41. The molecule has 0 fully saturated rings. The smallest absolute Gasteiger partial charge is 0.170 e. The van der Waals surface area contributed by atoms with Crippen LogP contribution in [0.15, 0.2) is 47.1 Å². The SMILES string of the molecule is Cc1ccc2c(C=O)nc(-c3ccc(Br)cc3)n2c1. The molecule has 0 bridgehead atoms. The molecule has 3 aromatic rings. The Labute approximate surface area is 119 Å². The average molecular weight is 315 g/mol. The molecule has 0 aliphatic carbocycles. The standard InChI is InChI=1S/C15H11BrN2O/c1-10-2-7-14-13(9-19)17-15(18(14)8-10)11-3-5-12(16)6-4-11/h2-9H,1H3. The van der Waals surface area contributed by atoms with Crippen LogP contribution in [0.4, 0.5) is 0 Å². The van der Waals surface area contributed by atoms with Gasteiger partial charge in [0.25, 0.3) is 0 Å². The summed E-state index contributed by atoms with van der Waals surface area (Å²) in [5.74, 6) is 0.785. The van der Waals surface area contributed by atoms with Crippen molar-refractivity contribution in [3.05, 3.63) is 58.3 Å². The molecule has 0 aliphatic heterocycles. The first-order valence-corrected chi connectivity index (χ1v) is 6.68. The molecule has 3 rings (SSSR count). The minimum Gasteiger partial charge on any atom is -0.299 e. The summed E-state index contributed by atoms with van der Waals surface area (Å²) in [6.07, 6.45) is 2.79. The highest BCUT2D eigenvalue weighted by Gasteiger charge is 2.11. The molecule has 0 spiro atoms. The third-order valence-corrected chi connectivity index (χ3v) is 3.56. The van der Waals surface area contributed by atoms with Crippen LogP contribution in [0.2, 0.25) is 0 Å². The van der Waals surface area contributed by atoms with Crippen molar-refractivity contribution in [2.45, 2.75) is 6.92 Å². The van der Waals surface area contributed by atoms with Gasteiger partial charge in [0, 0.05) is 16.2 Å². The number of imidazole rings is 1. The fourth-order valence-corrected chi connectivity index (χ4v) is 2.37. The molecule has 19 heavy (non-hydrogen) atoms. The zero-order chi connectivity index (χ0) is 13.4.